The standard InChI is InChI=1S/C18H20N2O5S2/c1-12-5-4-8-20(10-12)27(24,25)13-9-16(26-11-13)17(21)19-15-7-3-2-6-14(15)18(22)23/h2-3,6-7,9,11-12H,4-5,8,10H2,1H3,(H,19,21)(H,22,23)/p-1/t12-/m1/s1. The molecule has 0 saturated carbocycles. The molecule has 144 valence electrons. The van der Waals surface area contributed by atoms with Crippen LogP contribution in [-0.2, 0) is 10.0 Å². The molecule has 7 nitrogen and oxygen atoms in total. The minimum atomic E-state index is -3.64. The normalized spacial score (nSPS) is 18.2. The highest BCUT2D eigenvalue weighted by atomic mass is 32.2. The molecule has 9 heteroatoms. The van der Waals surface area contributed by atoms with Crippen LogP contribution in [0.4, 0.5) is 5.69 Å². The first kappa shape index (κ1) is 19.5. The average Bonchev–Trinajstić information content (AvgIpc) is 3.13. The van der Waals surface area contributed by atoms with Crippen molar-refractivity contribution in [3.63, 3.8) is 0 Å². The van der Waals surface area contributed by atoms with Crippen LogP contribution in [0.5, 0.6) is 0 Å². The van der Waals surface area contributed by atoms with Crippen molar-refractivity contribution < 1.29 is 23.1 Å². The summed E-state index contributed by atoms with van der Waals surface area (Å²) < 4.78 is 27.0. The third-order valence-corrected chi connectivity index (χ3v) is 7.37. The number of para-hydroxylation sites is 1. The van der Waals surface area contributed by atoms with E-state index >= 15 is 0 Å². The maximum atomic E-state index is 12.8. The molecule has 1 aromatic carbocycles. The number of nitrogens with zero attached hydrogens (tertiary/aromatic N) is 1. The molecule has 1 amide bonds. The van der Waals surface area contributed by atoms with Crippen molar-refractivity contribution in [1.29, 1.82) is 0 Å². The largest absolute Gasteiger partial charge is 0.545 e. The summed E-state index contributed by atoms with van der Waals surface area (Å²) in [7, 11) is -3.64. The molecular formula is C18H19N2O5S2-. The number of carbonyl (C=O) groups excluding carboxylic acids is 2. The number of nitrogens with one attached hydrogen (secondary N) is 1. The number of anilines is 1. The third kappa shape index (κ3) is 4.20. The fourth-order valence-electron chi connectivity index (χ4n) is 3.04. The molecule has 2 heterocycles. The van der Waals surface area contributed by atoms with Crippen LogP contribution in [0.25, 0.3) is 0 Å². The van der Waals surface area contributed by atoms with Gasteiger partial charge in [-0.1, -0.05) is 25.1 Å². The second kappa shape index (κ2) is 7.79. The van der Waals surface area contributed by atoms with Gasteiger partial charge in [0, 0.05) is 24.0 Å². The van der Waals surface area contributed by atoms with Gasteiger partial charge in [0.2, 0.25) is 10.0 Å². The molecular weight excluding hydrogens is 388 g/mol. The van der Waals surface area contributed by atoms with Crippen molar-refractivity contribution in [2.45, 2.75) is 24.7 Å². The number of hydrogen-bond acceptors (Lipinski definition) is 6. The second-order valence-electron chi connectivity index (χ2n) is 6.54. The van der Waals surface area contributed by atoms with E-state index in [0.29, 0.717) is 19.0 Å². The van der Waals surface area contributed by atoms with E-state index < -0.39 is 21.9 Å². The van der Waals surface area contributed by atoms with Gasteiger partial charge in [0.25, 0.3) is 5.91 Å². The summed E-state index contributed by atoms with van der Waals surface area (Å²) in [6, 6.07) is 7.21. The topological polar surface area (TPSA) is 107 Å². The lowest BCUT2D eigenvalue weighted by Gasteiger charge is -2.29. The number of rotatable bonds is 5. The molecule has 1 saturated heterocycles. The maximum Gasteiger partial charge on any atom is 0.265 e. The Kier molecular flexibility index (Phi) is 5.64. The minimum Gasteiger partial charge on any atom is -0.545 e. The van der Waals surface area contributed by atoms with Gasteiger partial charge in [0.15, 0.2) is 0 Å². The number of benzene rings is 1. The molecule has 0 aliphatic carbocycles. The van der Waals surface area contributed by atoms with Gasteiger partial charge in [-0.15, -0.1) is 11.3 Å². The van der Waals surface area contributed by atoms with Gasteiger partial charge in [-0.05, 0) is 30.9 Å². The van der Waals surface area contributed by atoms with Crippen molar-refractivity contribution in [2.24, 2.45) is 5.92 Å². The summed E-state index contributed by atoms with van der Waals surface area (Å²) in [6.07, 6.45) is 1.82. The van der Waals surface area contributed by atoms with E-state index in [9.17, 15) is 23.1 Å². The molecule has 1 aliphatic rings. The van der Waals surface area contributed by atoms with E-state index in [2.05, 4.69) is 5.32 Å². The van der Waals surface area contributed by atoms with Crippen molar-refractivity contribution in [2.75, 3.05) is 18.4 Å². The van der Waals surface area contributed by atoms with E-state index in [1.54, 1.807) is 6.07 Å². The lowest BCUT2D eigenvalue weighted by atomic mass is 10.0. The molecule has 0 radical (unpaired) electrons. The number of carboxylic acid groups (broad SMARTS) is 1. The van der Waals surface area contributed by atoms with Crippen LogP contribution < -0.4 is 10.4 Å². The minimum absolute atomic E-state index is 0.0833. The van der Waals surface area contributed by atoms with Gasteiger partial charge in [-0.25, -0.2) is 8.42 Å². The fraction of sp³-hybridized carbons (Fsp3) is 0.333. The number of carboxylic acids is 1. The zero-order chi connectivity index (χ0) is 19.6. The van der Waals surface area contributed by atoms with Crippen molar-refractivity contribution in [3.8, 4) is 0 Å². The van der Waals surface area contributed by atoms with Gasteiger partial charge in [0.05, 0.1) is 21.4 Å². The van der Waals surface area contributed by atoms with E-state index in [0.717, 1.165) is 24.2 Å². The molecule has 2 aromatic rings. The highest BCUT2D eigenvalue weighted by Gasteiger charge is 2.30. The maximum absolute atomic E-state index is 12.8. The van der Waals surface area contributed by atoms with Crippen molar-refractivity contribution in [1.82, 2.24) is 4.31 Å². The molecule has 1 aromatic heterocycles. The quantitative estimate of drug-likeness (QED) is 0.813. The lowest BCUT2D eigenvalue weighted by Crippen LogP contribution is -2.38. The number of piperidine rings is 1. The number of hydrogen-bond donors (Lipinski definition) is 1. The van der Waals surface area contributed by atoms with Gasteiger partial charge < -0.3 is 15.2 Å². The average molecular weight is 407 g/mol. The van der Waals surface area contributed by atoms with Crippen LogP contribution in [0.15, 0.2) is 40.6 Å². The summed E-state index contributed by atoms with van der Waals surface area (Å²) in [4.78, 5) is 23.8. The monoisotopic (exact) mass is 407 g/mol. The summed E-state index contributed by atoms with van der Waals surface area (Å²) in [5.74, 6) is -1.67. The molecule has 3 rings (SSSR count). The Morgan fingerprint density at radius 2 is 2.04 bits per heavy atom. The van der Waals surface area contributed by atoms with Crippen LogP contribution >= 0.6 is 11.3 Å². The molecule has 1 atom stereocenters. The predicted molar refractivity (Wildman–Crippen MR) is 100 cm³/mol. The van der Waals surface area contributed by atoms with Crippen molar-refractivity contribution >= 4 is 38.9 Å². The van der Waals surface area contributed by atoms with Gasteiger partial charge in [-0.2, -0.15) is 4.31 Å². The summed E-state index contributed by atoms with van der Waals surface area (Å²) >= 11 is 1.00. The number of carbonyl (C=O) groups is 2. The Morgan fingerprint density at radius 3 is 2.74 bits per heavy atom. The fourth-order valence-corrected chi connectivity index (χ4v) is 5.80. The van der Waals surface area contributed by atoms with Gasteiger partial charge in [0.1, 0.15) is 0 Å². The molecule has 1 fully saturated rings. The van der Waals surface area contributed by atoms with Crippen molar-refractivity contribution in [3.05, 3.63) is 46.2 Å². The lowest BCUT2D eigenvalue weighted by molar-refractivity contribution is -0.254. The second-order valence-corrected chi connectivity index (χ2v) is 9.39. The first-order valence-electron chi connectivity index (χ1n) is 8.49. The first-order valence-corrected chi connectivity index (χ1v) is 10.8. The predicted octanol–water partition coefficient (Wildman–Crippen LogP) is 1.78. The van der Waals surface area contributed by atoms with Gasteiger partial charge >= 0.3 is 0 Å². The summed E-state index contributed by atoms with van der Waals surface area (Å²) in [6.45, 7) is 2.96. The third-order valence-electron chi connectivity index (χ3n) is 4.45. The van der Waals surface area contributed by atoms with Crippen LogP contribution in [0.3, 0.4) is 0 Å². The smallest absolute Gasteiger partial charge is 0.265 e. The summed E-state index contributed by atoms with van der Waals surface area (Å²) in [5, 5.41) is 15.1. The Hall–Kier alpha value is -2.23. The SMILES string of the molecule is C[C@@H]1CCCN(S(=O)(=O)c2csc(C(=O)Nc3ccccc3C(=O)[O-])c2)C1. The molecule has 0 spiro atoms. The molecule has 27 heavy (non-hydrogen) atoms. The highest BCUT2D eigenvalue weighted by molar-refractivity contribution is 7.89. The van der Waals surface area contributed by atoms with Crippen LogP contribution in [0, 0.1) is 5.92 Å². The molecule has 0 unspecified atom stereocenters. The molecule has 0 bridgehead atoms. The number of thiophene rings is 1. The summed E-state index contributed by atoms with van der Waals surface area (Å²) in [5.41, 5.74) is -0.0392. The van der Waals surface area contributed by atoms with Crippen LogP contribution in [0.1, 0.15) is 39.8 Å². The Labute approximate surface area is 161 Å². The van der Waals surface area contributed by atoms with Gasteiger partial charge in [-0.3, -0.25) is 4.79 Å². The molecule has 1 N–H and O–H groups in total. The number of sulfonamides is 1. The zero-order valence-electron chi connectivity index (χ0n) is 14.7. The molecule has 1 aliphatic heterocycles. The number of aromatic carboxylic acids is 1. The highest BCUT2D eigenvalue weighted by Crippen LogP contribution is 2.27. The van der Waals surface area contributed by atoms with E-state index in [1.807, 2.05) is 6.92 Å². The van der Waals surface area contributed by atoms with E-state index in [4.69, 9.17) is 0 Å². The van der Waals surface area contributed by atoms with Crippen LogP contribution in [0.2, 0.25) is 0 Å². The Bertz CT molecular complexity index is 968. The zero-order valence-corrected chi connectivity index (χ0v) is 16.3. The van der Waals surface area contributed by atoms with Crippen LogP contribution in [-0.4, -0.2) is 37.7 Å². The number of amides is 1. The van der Waals surface area contributed by atoms with E-state index in [-0.39, 0.29) is 21.0 Å². The Morgan fingerprint density at radius 1 is 1.30 bits per heavy atom. The Balaban J connectivity index is 1.79. The van der Waals surface area contributed by atoms with E-state index in [1.165, 1.54) is 34.0 Å². The first-order chi connectivity index (χ1) is 12.8.